The van der Waals surface area contributed by atoms with Gasteiger partial charge in [-0.05, 0) is 67.8 Å². The number of fused-ring (bicyclic) bond motifs is 1. The molecular weight excluding hydrogens is 467 g/mol. The van der Waals surface area contributed by atoms with Gasteiger partial charge in [0, 0.05) is 47.8 Å². The Kier molecular flexibility index (Phi) is 8.10. The number of piperidine rings is 1. The van der Waals surface area contributed by atoms with Crippen molar-refractivity contribution in [2.24, 2.45) is 0 Å². The SMILES string of the molecule is Cl.Cl.Fc1ccc(F)c(Cn2ccc3cnc(Nc4ccc(N5CCCCC5)cc4)nc32)c1. The predicted molar refractivity (Wildman–Crippen MR) is 133 cm³/mol. The van der Waals surface area contributed by atoms with Crippen molar-refractivity contribution in [3.8, 4) is 0 Å². The Hall–Kier alpha value is -2.90. The minimum absolute atomic E-state index is 0. The van der Waals surface area contributed by atoms with Gasteiger partial charge in [-0.2, -0.15) is 4.98 Å². The molecule has 174 valence electrons. The van der Waals surface area contributed by atoms with Crippen molar-refractivity contribution in [3.63, 3.8) is 0 Å². The predicted octanol–water partition coefficient (Wildman–Crippen LogP) is 6.34. The van der Waals surface area contributed by atoms with E-state index in [1.54, 1.807) is 17.0 Å². The molecule has 9 heteroatoms. The second-order valence-electron chi connectivity index (χ2n) is 7.87. The highest BCUT2D eigenvalue weighted by atomic mass is 35.5. The van der Waals surface area contributed by atoms with Crippen LogP contribution in [0, 0.1) is 11.6 Å². The lowest BCUT2D eigenvalue weighted by molar-refractivity contribution is 0.578. The molecule has 2 aromatic carbocycles. The molecule has 1 N–H and O–H groups in total. The van der Waals surface area contributed by atoms with Crippen molar-refractivity contribution < 1.29 is 8.78 Å². The van der Waals surface area contributed by atoms with Crippen molar-refractivity contribution in [1.82, 2.24) is 14.5 Å². The van der Waals surface area contributed by atoms with Crippen molar-refractivity contribution in [2.45, 2.75) is 25.8 Å². The van der Waals surface area contributed by atoms with Crippen molar-refractivity contribution in [2.75, 3.05) is 23.3 Å². The molecule has 1 aliphatic heterocycles. The fourth-order valence-electron chi connectivity index (χ4n) is 4.04. The Bertz CT molecular complexity index is 1210. The number of nitrogens with zero attached hydrogens (tertiary/aromatic N) is 4. The maximum Gasteiger partial charge on any atom is 0.229 e. The Morgan fingerprint density at radius 3 is 2.42 bits per heavy atom. The molecule has 0 spiro atoms. The van der Waals surface area contributed by atoms with E-state index >= 15 is 0 Å². The molecular formula is C24H25Cl2F2N5. The fraction of sp³-hybridized carbons (Fsp3) is 0.250. The van der Waals surface area contributed by atoms with Crippen molar-refractivity contribution >= 4 is 53.2 Å². The highest BCUT2D eigenvalue weighted by molar-refractivity contribution is 5.85. The highest BCUT2D eigenvalue weighted by Crippen LogP contribution is 2.24. The quantitative estimate of drug-likeness (QED) is 0.354. The molecule has 1 aliphatic rings. The van der Waals surface area contributed by atoms with Gasteiger partial charge >= 0.3 is 0 Å². The molecule has 5 nitrogen and oxygen atoms in total. The van der Waals surface area contributed by atoms with E-state index in [-0.39, 0.29) is 36.9 Å². The van der Waals surface area contributed by atoms with E-state index in [0.717, 1.165) is 36.3 Å². The minimum atomic E-state index is -0.460. The van der Waals surface area contributed by atoms with Crippen LogP contribution in [0.4, 0.5) is 26.1 Å². The smallest absolute Gasteiger partial charge is 0.229 e. The van der Waals surface area contributed by atoms with Gasteiger partial charge in [-0.15, -0.1) is 24.8 Å². The van der Waals surface area contributed by atoms with Crippen LogP contribution in [-0.4, -0.2) is 27.6 Å². The third-order valence-electron chi connectivity index (χ3n) is 5.70. The first-order valence-corrected chi connectivity index (χ1v) is 10.5. The zero-order valence-corrected chi connectivity index (χ0v) is 19.5. The van der Waals surface area contributed by atoms with Gasteiger partial charge in [0.2, 0.25) is 5.95 Å². The van der Waals surface area contributed by atoms with E-state index in [0.29, 0.717) is 11.6 Å². The number of nitrogens with one attached hydrogen (secondary N) is 1. The zero-order chi connectivity index (χ0) is 21.2. The van der Waals surface area contributed by atoms with Gasteiger partial charge in [-0.25, -0.2) is 13.8 Å². The first-order chi connectivity index (χ1) is 15.2. The molecule has 0 saturated carbocycles. The number of anilines is 3. The second kappa shape index (κ2) is 10.8. The van der Waals surface area contributed by atoms with Crippen LogP contribution in [-0.2, 0) is 6.54 Å². The van der Waals surface area contributed by atoms with Crippen LogP contribution < -0.4 is 10.2 Å². The van der Waals surface area contributed by atoms with E-state index in [2.05, 4.69) is 32.3 Å². The van der Waals surface area contributed by atoms with E-state index in [9.17, 15) is 8.78 Å². The molecule has 0 atom stereocenters. The molecule has 0 amide bonds. The van der Waals surface area contributed by atoms with Crippen LogP contribution in [0.3, 0.4) is 0 Å². The summed E-state index contributed by atoms with van der Waals surface area (Å²) >= 11 is 0. The molecule has 3 heterocycles. The first kappa shape index (κ1) is 24.7. The van der Waals surface area contributed by atoms with Crippen LogP contribution in [0.5, 0.6) is 0 Å². The third-order valence-corrected chi connectivity index (χ3v) is 5.70. The Labute approximate surface area is 203 Å². The average molecular weight is 492 g/mol. The summed E-state index contributed by atoms with van der Waals surface area (Å²) in [6.45, 7) is 2.40. The lowest BCUT2D eigenvalue weighted by Gasteiger charge is -2.28. The summed E-state index contributed by atoms with van der Waals surface area (Å²) in [6.07, 6.45) is 7.33. The van der Waals surface area contributed by atoms with Gasteiger partial charge in [0.25, 0.3) is 0 Å². The van der Waals surface area contributed by atoms with Gasteiger partial charge in [0.15, 0.2) is 0 Å². The van der Waals surface area contributed by atoms with Gasteiger partial charge in [0.05, 0.1) is 6.54 Å². The maximum atomic E-state index is 14.1. The molecule has 1 fully saturated rings. The molecule has 0 aliphatic carbocycles. The largest absolute Gasteiger partial charge is 0.372 e. The van der Waals surface area contributed by atoms with Gasteiger partial charge in [-0.3, -0.25) is 0 Å². The third kappa shape index (κ3) is 5.54. The number of halogens is 4. The molecule has 0 bridgehead atoms. The van der Waals surface area contributed by atoms with Crippen molar-refractivity contribution in [1.29, 1.82) is 0 Å². The first-order valence-electron chi connectivity index (χ1n) is 10.5. The molecule has 0 unspecified atom stereocenters. The van der Waals surface area contributed by atoms with E-state index in [4.69, 9.17) is 0 Å². The molecule has 0 radical (unpaired) electrons. The minimum Gasteiger partial charge on any atom is -0.372 e. The topological polar surface area (TPSA) is 46.0 Å². The average Bonchev–Trinajstić information content (AvgIpc) is 3.19. The van der Waals surface area contributed by atoms with Crippen LogP contribution in [0.15, 0.2) is 60.9 Å². The summed E-state index contributed by atoms with van der Waals surface area (Å²) in [7, 11) is 0. The Balaban J connectivity index is 0.00000153. The zero-order valence-electron chi connectivity index (χ0n) is 17.9. The van der Waals surface area contributed by atoms with Gasteiger partial charge in [0.1, 0.15) is 17.3 Å². The molecule has 33 heavy (non-hydrogen) atoms. The number of benzene rings is 2. The monoisotopic (exact) mass is 491 g/mol. The van der Waals surface area contributed by atoms with Crippen LogP contribution in [0.2, 0.25) is 0 Å². The summed E-state index contributed by atoms with van der Waals surface area (Å²) in [5, 5.41) is 4.08. The highest BCUT2D eigenvalue weighted by Gasteiger charge is 2.12. The van der Waals surface area contributed by atoms with Crippen LogP contribution >= 0.6 is 24.8 Å². The summed E-state index contributed by atoms with van der Waals surface area (Å²) in [6, 6.07) is 13.6. The summed E-state index contributed by atoms with van der Waals surface area (Å²) in [5.74, 6) is -0.444. The number of aromatic nitrogens is 3. The molecule has 1 saturated heterocycles. The lowest BCUT2D eigenvalue weighted by Crippen LogP contribution is -2.29. The molecule has 5 rings (SSSR count). The van der Waals surface area contributed by atoms with Crippen LogP contribution in [0.1, 0.15) is 24.8 Å². The summed E-state index contributed by atoms with van der Waals surface area (Å²) < 4.78 is 29.4. The van der Waals surface area contributed by atoms with Gasteiger partial charge < -0.3 is 14.8 Å². The summed E-state index contributed by atoms with van der Waals surface area (Å²) in [4.78, 5) is 11.4. The lowest BCUT2D eigenvalue weighted by atomic mass is 10.1. The standard InChI is InChI=1S/C24H23F2N5.2ClH/c25-19-4-9-22(26)18(14-19)16-31-13-10-17-15-27-24(29-23(17)31)28-20-5-7-21(8-6-20)30-11-2-1-3-12-30;;/h4-10,13-15H,1-3,11-12,16H2,(H,27,28,29);2*1H. The van der Waals surface area contributed by atoms with Crippen LogP contribution in [0.25, 0.3) is 11.0 Å². The second-order valence-corrected chi connectivity index (χ2v) is 7.87. The number of rotatable bonds is 5. The molecule has 4 aromatic rings. The summed E-state index contributed by atoms with van der Waals surface area (Å²) in [5.41, 5.74) is 3.06. The van der Waals surface area contributed by atoms with Gasteiger partial charge in [-0.1, -0.05) is 0 Å². The number of hydrogen-bond acceptors (Lipinski definition) is 4. The van der Waals surface area contributed by atoms with E-state index < -0.39 is 11.6 Å². The Morgan fingerprint density at radius 2 is 1.67 bits per heavy atom. The van der Waals surface area contributed by atoms with E-state index in [1.807, 2.05) is 18.2 Å². The van der Waals surface area contributed by atoms with E-state index in [1.165, 1.54) is 31.0 Å². The molecule has 2 aromatic heterocycles. The fourth-order valence-corrected chi connectivity index (χ4v) is 4.04. The normalized spacial score (nSPS) is 13.3. The Morgan fingerprint density at radius 1 is 0.909 bits per heavy atom. The maximum absolute atomic E-state index is 14.1. The van der Waals surface area contributed by atoms with Crippen molar-refractivity contribution in [3.05, 3.63) is 78.1 Å². The number of hydrogen-bond donors (Lipinski definition) is 1.